The van der Waals surface area contributed by atoms with Crippen LogP contribution in [0.25, 0.3) is 0 Å². The van der Waals surface area contributed by atoms with E-state index in [-0.39, 0.29) is 22.5 Å². The highest BCUT2D eigenvalue weighted by molar-refractivity contribution is 6.99. The van der Waals surface area contributed by atoms with Gasteiger partial charge in [-0.1, -0.05) is 81.4 Å². The van der Waals surface area contributed by atoms with E-state index < -0.39 is 8.32 Å². The van der Waals surface area contributed by atoms with E-state index in [1.807, 2.05) is 0 Å². The molecule has 0 radical (unpaired) electrons. The molecule has 0 N–H and O–H groups in total. The molecule has 0 saturated heterocycles. The van der Waals surface area contributed by atoms with Crippen molar-refractivity contribution < 1.29 is 14.0 Å². The summed E-state index contributed by atoms with van der Waals surface area (Å²) in [6.45, 7) is 6.89. The van der Waals surface area contributed by atoms with Gasteiger partial charge in [0.2, 0.25) is 0 Å². The first-order valence-electron chi connectivity index (χ1n) is 10.2. The Balaban J connectivity index is 1.76. The molecule has 2 aromatic carbocycles. The summed E-state index contributed by atoms with van der Waals surface area (Å²) in [5.74, 6) is 0.370. The fourth-order valence-corrected chi connectivity index (χ4v) is 10.0. The molecule has 28 heavy (non-hydrogen) atoms. The Morgan fingerprint density at radius 2 is 1.50 bits per heavy atom. The molecule has 0 aromatic heterocycles. The van der Waals surface area contributed by atoms with Gasteiger partial charge in [0.25, 0.3) is 8.32 Å². The summed E-state index contributed by atoms with van der Waals surface area (Å²) in [5.41, 5.74) is -0.287. The molecule has 2 aliphatic rings. The average Bonchev–Trinajstić information content (AvgIpc) is 3.27. The number of hydrogen-bond donors (Lipinski definition) is 0. The molecule has 2 aliphatic carbocycles. The number of carbonyl (C=O) groups is 1. The number of ether oxygens (including phenoxy) is 1. The third-order valence-corrected chi connectivity index (χ3v) is 11.8. The minimum absolute atomic E-state index is 0.0408. The fraction of sp³-hybridized carbons (Fsp3) is 0.458. The minimum Gasteiger partial charge on any atom is -0.469 e. The molecule has 0 heterocycles. The summed E-state index contributed by atoms with van der Waals surface area (Å²) in [7, 11) is -1.05. The quantitative estimate of drug-likeness (QED) is 0.570. The zero-order chi connectivity index (χ0) is 20.0. The fourth-order valence-electron chi connectivity index (χ4n) is 5.31. The van der Waals surface area contributed by atoms with E-state index in [2.05, 4.69) is 81.4 Å². The minimum atomic E-state index is -2.55. The Kier molecular flexibility index (Phi) is 4.75. The van der Waals surface area contributed by atoms with Crippen LogP contribution in [0, 0.1) is 11.3 Å². The Labute approximate surface area is 169 Å². The van der Waals surface area contributed by atoms with Gasteiger partial charge in [0, 0.05) is 6.10 Å². The lowest BCUT2D eigenvalue weighted by molar-refractivity contribution is -0.147. The molecule has 2 saturated carbocycles. The van der Waals surface area contributed by atoms with E-state index in [4.69, 9.17) is 9.16 Å². The molecule has 0 amide bonds. The molecule has 148 valence electrons. The Morgan fingerprint density at radius 3 is 1.96 bits per heavy atom. The van der Waals surface area contributed by atoms with Crippen LogP contribution in [0.15, 0.2) is 60.7 Å². The summed E-state index contributed by atoms with van der Waals surface area (Å²) < 4.78 is 12.3. The number of hydrogen-bond acceptors (Lipinski definition) is 3. The van der Waals surface area contributed by atoms with Gasteiger partial charge < -0.3 is 9.16 Å². The van der Waals surface area contributed by atoms with Crippen LogP contribution in [0.4, 0.5) is 0 Å². The second-order valence-corrected chi connectivity index (χ2v) is 13.6. The highest BCUT2D eigenvalue weighted by Crippen LogP contribution is 2.65. The Hall–Kier alpha value is -1.91. The third kappa shape index (κ3) is 2.94. The van der Waals surface area contributed by atoms with Crippen LogP contribution in [-0.4, -0.2) is 27.5 Å². The number of benzene rings is 2. The number of fused-ring (bicyclic) bond motifs is 1. The predicted molar refractivity (Wildman–Crippen MR) is 114 cm³/mol. The van der Waals surface area contributed by atoms with Gasteiger partial charge in [0.1, 0.15) is 0 Å². The molecular formula is C24H30O3Si. The maximum atomic E-state index is 12.4. The van der Waals surface area contributed by atoms with Gasteiger partial charge in [-0.3, -0.25) is 4.79 Å². The van der Waals surface area contributed by atoms with Crippen molar-refractivity contribution in [2.75, 3.05) is 7.11 Å². The largest absolute Gasteiger partial charge is 0.469 e. The topological polar surface area (TPSA) is 35.5 Å². The molecule has 0 spiro atoms. The van der Waals surface area contributed by atoms with Crippen LogP contribution in [0.2, 0.25) is 5.04 Å². The van der Waals surface area contributed by atoms with Gasteiger partial charge in [0.05, 0.1) is 12.5 Å². The maximum absolute atomic E-state index is 12.4. The van der Waals surface area contributed by atoms with E-state index in [1.54, 1.807) is 0 Å². The van der Waals surface area contributed by atoms with E-state index in [0.29, 0.717) is 5.92 Å². The van der Waals surface area contributed by atoms with E-state index in [1.165, 1.54) is 17.5 Å². The van der Waals surface area contributed by atoms with Gasteiger partial charge in [-0.2, -0.15) is 0 Å². The second kappa shape index (κ2) is 6.85. The van der Waals surface area contributed by atoms with Crippen LogP contribution >= 0.6 is 0 Å². The summed E-state index contributed by atoms with van der Waals surface area (Å²) in [5, 5.41) is 2.55. The maximum Gasteiger partial charge on any atom is 0.312 e. The number of carbonyl (C=O) groups excluding carboxylic acids is 1. The van der Waals surface area contributed by atoms with E-state index in [0.717, 1.165) is 19.3 Å². The molecule has 2 fully saturated rings. The number of esters is 1. The molecule has 4 heteroatoms. The first kappa shape index (κ1) is 19.4. The van der Waals surface area contributed by atoms with Gasteiger partial charge in [-0.25, -0.2) is 0 Å². The highest BCUT2D eigenvalue weighted by atomic mass is 28.4. The lowest BCUT2D eigenvalue weighted by Gasteiger charge is -2.45. The van der Waals surface area contributed by atoms with Crippen molar-refractivity contribution in [3.63, 3.8) is 0 Å². The standard InChI is InChI=1S/C24H30O3Si/c1-23(2,3)28(20-11-7-5-8-12-20,21-13-9-6-10-14-21)27-19-15-18-16-24(18,17-19)22(25)26-4/h5-14,18-19H,15-17H2,1-4H3/t18-,19+,24+/m1/s1. The van der Waals surface area contributed by atoms with E-state index in [9.17, 15) is 4.79 Å². The van der Waals surface area contributed by atoms with Crippen LogP contribution < -0.4 is 10.4 Å². The normalized spacial score (nSPS) is 26.6. The number of methoxy groups -OCH3 is 1. The summed E-state index contributed by atoms with van der Waals surface area (Å²) in [6, 6.07) is 21.4. The monoisotopic (exact) mass is 394 g/mol. The third-order valence-electron chi connectivity index (χ3n) is 6.72. The molecule has 0 bridgehead atoms. The number of rotatable bonds is 5. The second-order valence-electron chi connectivity index (χ2n) is 9.39. The van der Waals surface area contributed by atoms with E-state index >= 15 is 0 Å². The van der Waals surface area contributed by atoms with Crippen LogP contribution in [0.5, 0.6) is 0 Å². The van der Waals surface area contributed by atoms with Gasteiger partial charge in [0.15, 0.2) is 0 Å². The molecule has 3 atom stereocenters. The van der Waals surface area contributed by atoms with Crippen LogP contribution in [-0.2, 0) is 14.0 Å². The van der Waals surface area contributed by atoms with Crippen molar-refractivity contribution in [3.8, 4) is 0 Å². The first-order valence-corrected chi connectivity index (χ1v) is 12.1. The predicted octanol–water partition coefficient (Wildman–Crippen LogP) is 3.90. The van der Waals surface area contributed by atoms with Crippen LogP contribution in [0.3, 0.4) is 0 Å². The van der Waals surface area contributed by atoms with Crippen molar-refractivity contribution in [1.29, 1.82) is 0 Å². The lowest BCUT2D eigenvalue weighted by Crippen LogP contribution is -2.67. The smallest absolute Gasteiger partial charge is 0.312 e. The van der Waals surface area contributed by atoms with Gasteiger partial charge in [-0.05, 0) is 40.6 Å². The summed E-state index contributed by atoms with van der Waals surface area (Å²) >= 11 is 0. The molecular weight excluding hydrogens is 364 g/mol. The molecule has 3 nitrogen and oxygen atoms in total. The lowest BCUT2D eigenvalue weighted by atomic mass is 10.0. The van der Waals surface area contributed by atoms with Crippen molar-refractivity contribution in [2.45, 2.75) is 51.2 Å². The van der Waals surface area contributed by atoms with Gasteiger partial charge in [-0.15, -0.1) is 0 Å². The SMILES string of the molecule is COC(=O)[C@@]12C[C@@H](O[Si](c3ccccc3)(c3ccccc3)C(C)(C)C)C[C@@H]1C2. The summed E-state index contributed by atoms with van der Waals surface area (Å²) in [4.78, 5) is 12.4. The van der Waals surface area contributed by atoms with Crippen molar-refractivity contribution in [2.24, 2.45) is 11.3 Å². The van der Waals surface area contributed by atoms with Gasteiger partial charge >= 0.3 is 5.97 Å². The van der Waals surface area contributed by atoms with Crippen molar-refractivity contribution >= 4 is 24.7 Å². The Morgan fingerprint density at radius 1 is 0.964 bits per heavy atom. The molecule has 4 rings (SSSR count). The zero-order valence-electron chi connectivity index (χ0n) is 17.3. The van der Waals surface area contributed by atoms with Crippen molar-refractivity contribution in [3.05, 3.63) is 60.7 Å². The molecule has 2 aromatic rings. The zero-order valence-corrected chi connectivity index (χ0v) is 18.3. The first-order chi connectivity index (χ1) is 13.3. The van der Waals surface area contributed by atoms with Crippen LogP contribution in [0.1, 0.15) is 40.0 Å². The summed E-state index contributed by atoms with van der Waals surface area (Å²) in [6.07, 6.45) is 2.80. The average molecular weight is 395 g/mol. The molecule has 0 unspecified atom stereocenters. The highest BCUT2D eigenvalue weighted by Gasteiger charge is 2.67. The molecule has 0 aliphatic heterocycles. The van der Waals surface area contributed by atoms with Crippen molar-refractivity contribution in [1.82, 2.24) is 0 Å². The Bertz CT molecular complexity index is 804.